The van der Waals surface area contributed by atoms with Crippen LogP contribution in [0.25, 0.3) is 0 Å². The zero-order valence-corrected chi connectivity index (χ0v) is 16.7. The molecule has 0 bridgehead atoms. The molecule has 142 valence electrons. The molecule has 0 radical (unpaired) electrons. The summed E-state index contributed by atoms with van der Waals surface area (Å²) in [6, 6.07) is 0. The highest BCUT2D eigenvalue weighted by molar-refractivity contribution is 4.87. The maximum Gasteiger partial charge on any atom is 0.161 e. The van der Waals surface area contributed by atoms with Gasteiger partial charge in [0.05, 0.1) is 24.1 Å². The van der Waals surface area contributed by atoms with E-state index in [4.69, 9.17) is 14.2 Å². The van der Waals surface area contributed by atoms with Gasteiger partial charge in [0.1, 0.15) is 5.60 Å². The molecule has 0 amide bonds. The largest absolute Gasteiger partial charge is 0.493 e. The van der Waals surface area contributed by atoms with Crippen LogP contribution in [0.3, 0.4) is 0 Å². The molecule has 1 saturated heterocycles. The van der Waals surface area contributed by atoms with Crippen LogP contribution in [0.4, 0.5) is 0 Å². The molecule has 0 spiro atoms. The third-order valence-corrected chi connectivity index (χ3v) is 4.43. The molecular weight excluding hydrogens is 304 g/mol. The highest BCUT2D eigenvalue weighted by atomic mass is 16.7. The van der Waals surface area contributed by atoms with Crippen molar-refractivity contribution in [3.8, 4) is 0 Å². The Morgan fingerprint density at radius 2 is 1.88 bits per heavy atom. The molecule has 0 aliphatic carbocycles. The molecule has 1 unspecified atom stereocenters. The third-order valence-electron chi connectivity index (χ3n) is 4.43. The summed E-state index contributed by atoms with van der Waals surface area (Å²) in [4.78, 5) is 0. The molecule has 0 aromatic rings. The molecule has 1 aliphatic rings. The predicted octanol–water partition coefficient (Wildman–Crippen LogP) is 4.66. The molecular formula is C20H38O4. The van der Waals surface area contributed by atoms with Crippen molar-refractivity contribution in [2.75, 3.05) is 0 Å². The average Bonchev–Trinajstić information content (AvgIpc) is 2.40. The lowest BCUT2D eigenvalue weighted by atomic mass is 9.96. The molecule has 0 saturated carbocycles. The summed E-state index contributed by atoms with van der Waals surface area (Å²) in [5.41, 5.74) is -0.178. The van der Waals surface area contributed by atoms with Crippen molar-refractivity contribution in [3.05, 3.63) is 12.3 Å². The van der Waals surface area contributed by atoms with Crippen molar-refractivity contribution in [2.24, 2.45) is 11.8 Å². The van der Waals surface area contributed by atoms with Crippen LogP contribution in [0.2, 0.25) is 0 Å². The highest BCUT2D eigenvalue weighted by Crippen LogP contribution is 2.28. The smallest absolute Gasteiger partial charge is 0.161 e. The molecule has 1 fully saturated rings. The van der Waals surface area contributed by atoms with Crippen molar-refractivity contribution in [2.45, 2.75) is 104 Å². The van der Waals surface area contributed by atoms with Gasteiger partial charge in [0.15, 0.2) is 6.29 Å². The Bertz CT molecular complexity index is 388. The number of hydrogen-bond donors (Lipinski definition) is 1. The summed E-state index contributed by atoms with van der Waals surface area (Å²) in [7, 11) is 0. The van der Waals surface area contributed by atoms with Gasteiger partial charge in [-0.2, -0.15) is 0 Å². The Morgan fingerprint density at radius 1 is 1.25 bits per heavy atom. The van der Waals surface area contributed by atoms with Gasteiger partial charge in [0.2, 0.25) is 0 Å². The quantitative estimate of drug-likeness (QED) is 0.652. The summed E-state index contributed by atoms with van der Waals surface area (Å²) < 4.78 is 17.7. The van der Waals surface area contributed by atoms with Crippen LogP contribution < -0.4 is 0 Å². The minimum absolute atomic E-state index is 0.138. The van der Waals surface area contributed by atoms with E-state index < -0.39 is 0 Å². The summed E-state index contributed by atoms with van der Waals surface area (Å²) in [6.45, 7) is 18.5. The van der Waals surface area contributed by atoms with Crippen LogP contribution in [-0.4, -0.2) is 35.3 Å². The van der Waals surface area contributed by atoms with Crippen molar-refractivity contribution in [1.29, 1.82) is 0 Å². The van der Waals surface area contributed by atoms with E-state index in [1.807, 2.05) is 27.7 Å². The average molecular weight is 343 g/mol. The lowest BCUT2D eigenvalue weighted by Gasteiger charge is -2.37. The Balaban J connectivity index is 2.30. The Kier molecular flexibility index (Phi) is 8.24. The summed E-state index contributed by atoms with van der Waals surface area (Å²) in [6.07, 6.45) is 3.04. The maximum absolute atomic E-state index is 9.84. The highest BCUT2D eigenvalue weighted by Gasteiger charge is 2.33. The Morgan fingerprint density at radius 3 is 2.46 bits per heavy atom. The van der Waals surface area contributed by atoms with Gasteiger partial charge in [0, 0.05) is 12.3 Å². The molecule has 1 aliphatic heterocycles. The standard InChI is InChI=1S/C20H38O4/c1-13(11-16(4)24-20(6,7)8)9-10-15(3)22-19-14(2)12-18(21)17(5)23-19/h13-15,17-19,21H,4,9-12H2,1-3,5-8H3/t13?,14-,15-,17+,18-,19-/m1/s1. The zero-order valence-electron chi connectivity index (χ0n) is 16.7. The predicted molar refractivity (Wildman–Crippen MR) is 97.7 cm³/mol. The molecule has 6 atom stereocenters. The van der Waals surface area contributed by atoms with Gasteiger partial charge in [-0.15, -0.1) is 0 Å². The molecule has 4 heteroatoms. The van der Waals surface area contributed by atoms with Crippen LogP contribution in [-0.2, 0) is 14.2 Å². The fourth-order valence-corrected chi connectivity index (χ4v) is 3.07. The van der Waals surface area contributed by atoms with Crippen LogP contribution in [0.5, 0.6) is 0 Å². The van der Waals surface area contributed by atoms with Gasteiger partial charge in [-0.1, -0.05) is 20.4 Å². The topological polar surface area (TPSA) is 47.9 Å². The summed E-state index contributed by atoms with van der Waals surface area (Å²) in [5.74, 6) is 1.59. The molecule has 1 N–H and O–H groups in total. The minimum Gasteiger partial charge on any atom is -0.493 e. The number of aliphatic hydroxyl groups is 1. The number of aliphatic hydroxyl groups excluding tert-OH is 1. The monoisotopic (exact) mass is 342 g/mol. The Labute approximate surface area is 148 Å². The third kappa shape index (κ3) is 8.00. The van der Waals surface area contributed by atoms with Gasteiger partial charge in [0.25, 0.3) is 0 Å². The molecule has 1 heterocycles. The molecule has 0 aromatic heterocycles. The zero-order chi connectivity index (χ0) is 18.5. The molecule has 0 aromatic carbocycles. The van der Waals surface area contributed by atoms with Crippen LogP contribution >= 0.6 is 0 Å². The summed E-state index contributed by atoms with van der Waals surface area (Å²) in [5, 5.41) is 9.84. The second kappa shape index (κ2) is 9.21. The van der Waals surface area contributed by atoms with Gasteiger partial charge in [-0.25, -0.2) is 0 Å². The number of rotatable bonds is 8. The SMILES string of the molecule is C=C(CC(C)CC[C@@H](C)O[C@@H]1O[C@@H](C)[C@H](O)C[C@H]1C)OC(C)(C)C. The lowest BCUT2D eigenvalue weighted by molar-refractivity contribution is -0.255. The second-order valence-electron chi connectivity index (χ2n) is 8.58. The van der Waals surface area contributed by atoms with Crippen molar-refractivity contribution in [3.63, 3.8) is 0 Å². The van der Waals surface area contributed by atoms with E-state index in [0.29, 0.717) is 5.92 Å². The first kappa shape index (κ1) is 21.5. The molecule has 4 nitrogen and oxygen atoms in total. The lowest BCUT2D eigenvalue weighted by Crippen LogP contribution is -2.44. The van der Waals surface area contributed by atoms with Crippen molar-refractivity contribution in [1.82, 2.24) is 0 Å². The van der Waals surface area contributed by atoms with Crippen LogP contribution in [0, 0.1) is 11.8 Å². The second-order valence-corrected chi connectivity index (χ2v) is 8.58. The first-order valence-corrected chi connectivity index (χ1v) is 9.33. The van der Waals surface area contributed by atoms with E-state index in [2.05, 4.69) is 27.4 Å². The maximum atomic E-state index is 9.84. The van der Waals surface area contributed by atoms with E-state index >= 15 is 0 Å². The van der Waals surface area contributed by atoms with E-state index in [1.54, 1.807) is 0 Å². The van der Waals surface area contributed by atoms with E-state index in [0.717, 1.165) is 31.4 Å². The normalized spacial score (nSPS) is 30.7. The van der Waals surface area contributed by atoms with Crippen LogP contribution in [0.1, 0.15) is 74.1 Å². The first-order chi connectivity index (χ1) is 11.0. The van der Waals surface area contributed by atoms with Crippen LogP contribution in [0.15, 0.2) is 12.3 Å². The molecule has 24 heavy (non-hydrogen) atoms. The molecule has 1 rings (SSSR count). The van der Waals surface area contributed by atoms with E-state index in [1.165, 1.54) is 0 Å². The van der Waals surface area contributed by atoms with Gasteiger partial charge in [-0.05, 0) is 59.8 Å². The minimum atomic E-state index is -0.385. The number of ether oxygens (including phenoxy) is 3. The van der Waals surface area contributed by atoms with Gasteiger partial charge < -0.3 is 19.3 Å². The van der Waals surface area contributed by atoms with Crippen molar-refractivity contribution >= 4 is 0 Å². The van der Waals surface area contributed by atoms with Crippen molar-refractivity contribution < 1.29 is 19.3 Å². The van der Waals surface area contributed by atoms with Gasteiger partial charge >= 0.3 is 0 Å². The number of hydrogen-bond acceptors (Lipinski definition) is 4. The van der Waals surface area contributed by atoms with E-state index in [9.17, 15) is 5.11 Å². The Hall–Kier alpha value is -0.580. The van der Waals surface area contributed by atoms with Gasteiger partial charge in [-0.3, -0.25) is 0 Å². The van der Waals surface area contributed by atoms with E-state index in [-0.39, 0.29) is 36.1 Å². The summed E-state index contributed by atoms with van der Waals surface area (Å²) >= 11 is 0. The number of allylic oxidation sites excluding steroid dienone is 1. The fourth-order valence-electron chi connectivity index (χ4n) is 3.07. The first-order valence-electron chi connectivity index (χ1n) is 9.33. The fraction of sp³-hybridized carbons (Fsp3) is 0.900.